The molecular weight excluding hydrogens is 222 g/mol. The Morgan fingerprint density at radius 2 is 1.81 bits per heavy atom. The molecule has 2 fully saturated rings. The van der Waals surface area contributed by atoms with Crippen molar-refractivity contribution in [1.82, 2.24) is 9.80 Å². The Kier molecular flexibility index (Phi) is 4.49. The van der Waals surface area contributed by atoms with Gasteiger partial charge in [0.15, 0.2) is 5.17 Å². The second kappa shape index (κ2) is 5.89. The first-order chi connectivity index (χ1) is 7.81. The lowest BCUT2D eigenvalue weighted by atomic mass is 10.0. The smallest absolute Gasteiger partial charge is 0.156 e. The van der Waals surface area contributed by atoms with Crippen LogP contribution in [-0.4, -0.2) is 66.7 Å². The zero-order valence-electron chi connectivity index (χ0n) is 9.95. The summed E-state index contributed by atoms with van der Waals surface area (Å²) < 4.78 is 5.38. The van der Waals surface area contributed by atoms with E-state index < -0.39 is 0 Å². The Morgan fingerprint density at radius 1 is 1.19 bits per heavy atom. The van der Waals surface area contributed by atoms with Crippen LogP contribution in [0.5, 0.6) is 0 Å². The molecule has 0 unspecified atom stereocenters. The lowest BCUT2D eigenvalue weighted by Gasteiger charge is -2.40. The second-order valence-electron chi connectivity index (χ2n) is 4.38. The molecule has 0 bridgehead atoms. The highest BCUT2D eigenvalue weighted by atomic mass is 32.2. The van der Waals surface area contributed by atoms with Crippen LogP contribution in [0, 0.1) is 5.41 Å². The van der Waals surface area contributed by atoms with Gasteiger partial charge in [0.25, 0.3) is 0 Å². The molecule has 16 heavy (non-hydrogen) atoms. The summed E-state index contributed by atoms with van der Waals surface area (Å²) in [7, 11) is 0. The van der Waals surface area contributed by atoms with Crippen LogP contribution in [0.25, 0.3) is 0 Å². The molecule has 0 aromatic heterocycles. The van der Waals surface area contributed by atoms with Crippen LogP contribution < -0.4 is 0 Å². The first kappa shape index (κ1) is 12.2. The molecule has 0 atom stereocenters. The van der Waals surface area contributed by atoms with Gasteiger partial charge in [-0.2, -0.15) is 0 Å². The molecule has 0 aromatic carbocycles. The SMILES string of the molecule is CSC(=N)N1CCC(N2CCOCC2)CC1. The summed E-state index contributed by atoms with van der Waals surface area (Å²) in [4.78, 5) is 4.76. The van der Waals surface area contributed by atoms with Gasteiger partial charge in [-0.05, 0) is 19.1 Å². The fraction of sp³-hybridized carbons (Fsp3) is 0.909. The van der Waals surface area contributed by atoms with Gasteiger partial charge in [-0.1, -0.05) is 11.8 Å². The molecule has 2 heterocycles. The minimum atomic E-state index is 0.717. The normalized spacial score (nSPS) is 24.7. The molecule has 5 heteroatoms. The number of ether oxygens (including phenoxy) is 1. The number of nitrogens with one attached hydrogen (secondary N) is 1. The fourth-order valence-electron chi connectivity index (χ4n) is 2.51. The van der Waals surface area contributed by atoms with E-state index in [0.29, 0.717) is 0 Å². The van der Waals surface area contributed by atoms with E-state index >= 15 is 0 Å². The van der Waals surface area contributed by atoms with E-state index in [-0.39, 0.29) is 0 Å². The lowest BCUT2D eigenvalue weighted by Crippen LogP contribution is -2.49. The number of piperidine rings is 1. The maximum atomic E-state index is 7.80. The molecule has 2 rings (SSSR count). The maximum Gasteiger partial charge on any atom is 0.156 e. The predicted molar refractivity (Wildman–Crippen MR) is 68.2 cm³/mol. The van der Waals surface area contributed by atoms with Crippen molar-refractivity contribution < 1.29 is 4.74 Å². The number of morpholine rings is 1. The molecule has 0 spiro atoms. The Balaban J connectivity index is 1.78. The standard InChI is InChI=1S/C11H21N3OS/c1-16-11(12)14-4-2-10(3-5-14)13-6-8-15-9-7-13/h10,12H,2-9H2,1H3. The summed E-state index contributed by atoms with van der Waals surface area (Å²) >= 11 is 1.54. The summed E-state index contributed by atoms with van der Waals surface area (Å²) in [5.74, 6) is 0. The zero-order chi connectivity index (χ0) is 11.4. The minimum Gasteiger partial charge on any atom is -0.379 e. The maximum absolute atomic E-state index is 7.80. The summed E-state index contributed by atoms with van der Waals surface area (Å²) in [6, 6.07) is 0.717. The van der Waals surface area contributed by atoms with Gasteiger partial charge in [0.1, 0.15) is 0 Å². The van der Waals surface area contributed by atoms with Crippen molar-refractivity contribution in [2.75, 3.05) is 45.6 Å². The number of hydrogen-bond donors (Lipinski definition) is 1. The fourth-order valence-corrected chi connectivity index (χ4v) is 2.95. The Morgan fingerprint density at radius 3 is 2.38 bits per heavy atom. The van der Waals surface area contributed by atoms with Gasteiger partial charge in [0, 0.05) is 32.2 Å². The number of amidine groups is 1. The summed E-state index contributed by atoms with van der Waals surface area (Å²) in [5.41, 5.74) is 0. The highest BCUT2D eigenvalue weighted by molar-refractivity contribution is 8.13. The van der Waals surface area contributed by atoms with Crippen LogP contribution in [0.3, 0.4) is 0 Å². The van der Waals surface area contributed by atoms with E-state index in [1.807, 2.05) is 6.26 Å². The lowest BCUT2D eigenvalue weighted by molar-refractivity contribution is 0.00554. The van der Waals surface area contributed by atoms with Crippen molar-refractivity contribution in [3.63, 3.8) is 0 Å². The predicted octanol–water partition coefficient (Wildman–Crippen LogP) is 1.08. The van der Waals surface area contributed by atoms with Crippen LogP contribution in [0.4, 0.5) is 0 Å². The molecule has 0 aliphatic carbocycles. The third-order valence-electron chi connectivity index (χ3n) is 3.51. The van der Waals surface area contributed by atoms with Crippen molar-refractivity contribution in [2.24, 2.45) is 0 Å². The van der Waals surface area contributed by atoms with Crippen LogP contribution in [0.2, 0.25) is 0 Å². The first-order valence-electron chi connectivity index (χ1n) is 6.00. The highest BCUT2D eigenvalue weighted by Gasteiger charge is 2.26. The molecule has 92 valence electrons. The third-order valence-corrected chi connectivity index (χ3v) is 4.15. The summed E-state index contributed by atoms with van der Waals surface area (Å²) in [5, 5.41) is 8.52. The van der Waals surface area contributed by atoms with Crippen molar-refractivity contribution >= 4 is 16.9 Å². The second-order valence-corrected chi connectivity index (χ2v) is 5.17. The monoisotopic (exact) mass is 243 g/mol. The largest absolute Gasteiger partial charge is 0.379 e. The Hall–Kier alpha value is -0.260. The third kappa shape index (κ3) is 2.90. The summed E-state index contributed by atoms with van der Waals surface area (Å²) in [6.45, 7) is 6.04. The van der Waals surface area contributed by atoms with Crippen molar-refractivity contribution in [3.05, 3.63) is 0 Å². The van der Waals surface area contributed by atoms with Gasteiger partial charge < -0.3 is 9.64 Å². The average Bonchev–Trinajstić information content (AvgIpc) is 2.39. The molecular formula is C11H21N3OS. The molecule has 4 nitrogen and oxygen atoms in total. The van der Waals surface area contributed by atoms with E-state index in [4.69, 9.17) is 10.1 Å². The van der Waals surface area contributed by atoms with Gasteiger partial charge in [-0.3, -0.25) is 10.3 Å². The van der Waals surface area contributed by atoms with E-state index in [9.17, 15) is 0 Å². The van der Waals surface area contributed by atoms with Gasteiger partial charge in [0.2, 0.25) is 0 Å². The van der Waals surface area contributed by atoms with E-state index in [0.717, 1.165) is 50.6 Å². The molecule has 2 aliphatic rings. The Bertz CT molecular complexity index is 235. The van der Waals surface area contributed by atoms with Gasteiger partial charge in [0.05, 0.1) is 13.2 Å². The summed E-state index contributed by atoms with van der Waals surface area (Å²) in [6.07, 6.45) is 4.38. The Labute approximate surface area is 102 Å². The number of nitrogens with zero attached hydrogens (tertiary/aromatic N) is 2. The van der Waals surface area contributed by atoms with Crippen LogP contribution in [-0.2, 0) is 4.74 Å². The quantitative estimate of drug-likeness (QED) is 0.552. The molecule has 0 saturated carbocycles. The number of likely N-dealkylation sites (tertiary alicyclic amines) is 1. The van der Waals surface area contributed by atoms with E-state index in [1.54, 1.807) is 11.8 Å². The first-order valence-corrected chi connectivity index (χ1v) is 7.23. The molecule has 2 saturated heterocycles. The van der Waals surface area contributed by atoms with Crippen molar-refractivity contribution in [3.8, 4) is 0 Å². The zero-order valence-corrected chi connectivity index (χ0v) is 10.8. The number of rotatable bonds is 1. The molecule has 1 N–H and O–H groups in total. The van der Waals surface area contributed by atoms with Gasteiger partial charge in [-0.25, -0.2) is 0 Å². The topological polar surface area (TPSA) is 39.6 Å². The van der Waals surface area contributed by atoms with Crippen LogP contribution in [0.1, 0.15) is 12.8 Å². The van der Waals surface area contributed by atoms with E-state index in [2.05, 4.69) is 9.80 Å². The average molecular weight is 243 g/mol. The molecule has 0 amide bonds. The van der Waals surface area contributed by atoms with Gasteiger partial charge >= 0.3 is 0 Å². The molecule has 2 aliphatic heterocycles. The van der Waals surface area contributed by atoms with Crippen LogP contribution in [0.15, 0.2) is 0 Å². The highest BCUT2D eigenvalue weighted by Crippen LogP contribution is 2.19. The minimum absolute atomic E-state index is 0.717. The van der Waals surface area contributed by atoms with Crippen molar-refractivity contribution in [2.45, 2.75) is 18.9 Å². The van der Waals surface area contributed by atoms with E-state index in [1.165, 1.54) is 12.8 Å². The number of hydrogen-bond acceptors (Lipinski definition) is 4. The van der Waals surface area contributed by atoms with Gasteiger partial charge in [-0.15, -0.1) is 0 Å². The molecule has 0 aromatic rings. The number of thioether (sulfide) groups is 1. The van der Waals surface area contributed by atoms with Crippen molar-refractivity contribution in [1.29, 1.82) is 5.41 Å². The molecule has 0 radical (unpaired) electrons. The van der Waals surface area contributed by atoms with Crippen LogP contribution >= 0.6 is 11.8 Å².